The number of benzene rings is 4. The summed E-state index contributed by atoms with van der Waals surface area (Å²) in [6, 6.07) is 16.2. The molecule has 31 nitrogen and oxygen atoms in total. The van der Waals surface area contributed by atoms with Crippen molar-refractivity contribution in [1.82, 2.24) is 84.3 Å². The van der Waals surface area contributed by atoms with E-state index in [0.717, 1.165) is 45.6 Å². The maximum atomic E-state index is 14.8. The van der Waals surface area contributed by atoms with Crippen LogP contribution in [0.3, 0.4) is 0 Å². The summed E-state index contributed by atoms with van der Waals surface area (Å²) in [7, 11) is 8.01. The molecule has 0 radical (unpaired) electrons. The molecule has 45 heteroatoms. The number of nitrogen functional groups attached to an aromatic ring is 4. The Hall–Kier alpha value is -10.9. The molecule has 7 aromatic heterocycles. The predicted molar refractivity (Wildman–Crippen MR) is 432 cm³/mol. The zero-order chi connectivity index (χ0) is 86.0. The van der Waals surface area contributed by atoms with Crippen LogP contribution in [-0.2, 0) is 33.7 Å². The summed E-state index contributed by atoms with van der Waals surface area (Å²) < 4.78 is 133. The van der Waals surface area contributed by atoms with Gasteiger partial charge in [0.1, 0.15) is 113 Å². The predicted octanol–water partition coefficient (Wildman–Crippen LogP) is 13.3. The van der Waals surface area contributed by atoms with Crippen LogP contribution in [0.4, 0.5) is 58.4 Å². The lowest BCUT2D eigenvalue weighted by Gasteiger charge is -2.23. The average molecular weight is 2090 g/mol. The first-order chi connectivity index (χ1) is 54.7. The third-order valence-electron chi connectivity index (χ3n) is 15.6. The van der Waals surface area contributed by atoms with Crippen LogP contribution in [0.2, 0.25) is 0 Å². The number of aryl methyl sites for hydroxylation is 2. The van der Waals surface area contributed by atoms with Crippen LogP contribution < -0.4 is 42.5 Å². The summed E-state index contributed by atoms with van der Waals surface area (Å²) in [5, 5.41) is 60.6. The molecule has 0 aliphatic carbocycles. The van der Waals surface area contributed by atoms with Crippen molar-refractivity contribution in [3.8, 4) is 53.3 Å². The zero-order valence-electron chi connectivity index (χ0n) is 61.5. The van der Waals surface area contributed by atoms with Crippen LogP contribution in [0.15, 0.2) is 104 Å². The molecule has 116 heavy (non-hydrogen) atoms. The molecule has 2 bridgehead atoms. The molecule has 11 aromatic rings. The number of nitrogens with one attached hydrogen (secondary N) is 1. The van der Waals surface area contributed by atoms with Crippen LogP contribution >= 0.6 is 109 Å². The number of anilines is 4. The lowest BCUT2D eigenvalue weighted by Crippen LogP contribution is -2.29. The van der Waals surface area contributed by atoms with E-state index in [1.165, 1.54) is 75.2 Å². The Morgan fingerprint density at radius 1 is 0.638 bits per heavy atom. The number of aliphatic hydroxyl groups excluding tert-OH is 1. The molecular formula is C71H61Br4F8I2N25O6. The Balaban J connectivity index is 0.000000205. The molecule has 1 aliphatic rings. The van der Waals surface area contributed by atoms with E-state index in [1.807, 2.05) is 13.1 Å². The van der Waals surface area contributed by atoms with Crippen molar-refractivity contribution in [3.63, 3.8) is 0 Å². The Kier molecular flexibility index (Phi) is 33.1. The Labute approximate surface area is 715 Å². The SMILES string of the molecule is CNCc1cc(C#N)n(C)n1.C[C@@H](O)c1cc(F)cc(F)c1I.C[C@@H](Oc1nc(Br)cnc1N)c1cc(F)cc(F)c1C(=O)N(C)Cc1cc(C#N)n(C#N)n1.C[C@@H](Oc1nc(Br)cnc1N)c1cc(F)cc(F)c1I.C[C@H]1Oc2nc(cnc2N)-c2c(nn(C)c2C#N)CN(C)C(=O)c2c(F)cc(F)cc21.Nc1ncc(Br)nc1Br. The van der Waals surface area contributed by atoms with Crippen molar-refractivity contribution >= 4 is 144 Å². The molecule has 1 aliphatic heterocycles. The van der Waals surface area contributed by atoms with Gasteiger partial charge in [0.25, 0.3) is 29.5 Å². The average Bonchev–Trinajstić information content (AvgIpc) is 1.51. The second-order valence-electron chi connectivity index (χ2n) is 24.0. The first-order valence-electron chi connectivity index (χ1n) is 32.7. The van der Waals surface area contributed by atoms with Gasteiger partial charge in [-0.2, -0.15) is 41.0 Å². The number of nitriles is 4. The molecule has 0 spiro atoms. The van der Waals surface area contributed by atoms with E-state index in [-0.39, 0.29) is 100 Å². The summed E-state index contributed by atoms with van der Waals surface area (Å²) in [6.07, 6.45) is 3.92. The fraction of sp³-hybridized carbons (Fsp3) is 0.225. The first kappa shape index (κ1) is 92.2. The molecule has 4 atom stereocenters. The van der Waals surface area contributed by atoms with Crippen LogP contribution in [0, 0.1) is 99.1 Å². The number of nitrogens with zero attached hydrogens (tertiary/aromatic N) is 20. The summed E-state index contributed by atoms with van der Waals surface area (Å²) in [4.78, 5) is 60.6. The van der Waals surface area contributed by atoms with E-state index in [2.05, 4.69) is 130 Å². The molecule has 4 aromatic carbocycles. The lowest BCUT2D eigenvalue weighted by molar-refractivity contribution is 0.0765. The van der Waals surface area contributed by atoms with Gasteiger partial charge in [0.2, 0.25) is 6.19 Å². The molecule has 8 heterocycles. The first-order valence-corrected chi connectivity index (χ1v) is 38.1. The summed E-state index contributed by atoms with van der Waals surface area (Å²) in [5.74, 6) is -7.63. The molecule has 2 amide bonds. The maximum Gasteiger partial charge on any atom is 0.258 e. The van der Waals surface area contributed by atoms with Gasteiger partial charge in [0, 0.05) is 81.8 Å². The van der Waals surface area contributed by atoms with Gasteiger partial charge in [-0.1, -0.05) is 0 Å². The van der Waals surface area contributed by atoms with Crippen molar-refractivity contribution in [2.45, 2.75) is 71.7 Å². The summed E-state index contributed by atoms with van der Waals surface area (Å²) in [5.41, 5.74) is 25.3. The van der Waals surface area contributed by atoms with E-state index >= 15 is 0 Å². The normalized spacial score (nSPS) is 12.6. The summed E-state index contributed by atoms with van der Waals surface area (Å²) >= 11 is 16.1. The monoisotopic (exact) mass is 2080 g/mol. The molecule has 0 saturated heterocycles. The highest BCUT2D eigenvalue weighted by molar-refractivity contribution is 14.1. The molecule has 0 fully saturated rings. The number of nitrogens with two attached hydrogens (primary N) is 4. The minimum Gasteiger partial charge on any atom is -0.467 e. The number of carbonyl (C=O) groups is 2. The Bertz CT molecular complexity index is 5640. The van der Waals surface area contributed by atoms with Gasteiger partial charge in [0.15, 0.2) is 29.0 Å². The van der Waals surface area contributed by atoms with Gasteiger partial charge in [-0.25, -0.2) is 75.0 Å². The smallest absolute Gasteiger partial charge is 0.258 e. The standard InChI is InChI=1S/C20H15BrF2N8O2.C20H17F2N7O2.C12H9BrF2IN3O.C8H7F2IO.C7H10N4.C4H3Br2N3/c1-10(33-19-18(26)27-7-16(21)28-19)14-3-11(22)4-15(23)17(14)20(32)30(2)8-12-5-13(6-24)31(9-25)29-12;1-9-11-4-10(21)5-12(22)16(11)20(30)28(2)8-14-17(15(6-23)29(3)27-14)13-7-25-18(24)19(26-13)31-9;1-5(7-2-6(14)3-8(15)10(7)16)20-12-11(17)18-4-9(13)19-12;1-4(12)6-2-5(9)3-7(10)8(6)11;1-9-5-6-3-7(4-8)11(2)10-6;5-2-1-8-4(7)3(6)9-2/h3-5,7,10H,8H2,1-2H3,(H2,26,27);4-5,7,9H,8H2,1-3H3,(H2,24,25);2-5H,1H3,(H2,17,18);2-4,12H,1H3;3,9H,5H2,1-2H3;1H,(H2,7,8)/t10-;9-;5-;4-;;/m1111../s1. The topological polar surface area (TPSA) is 456 Å². The van der Waals surface area contributed by atoms with E-state index in [0.29, 0.717) is 65.4 Å². The number of hydrogen-bond donors (Lipinski definition) is 6. The molecular weight excluding hydrogens is 2020 g/mol. The number of aromatic nitrogens is 14. The highest BCUT2D eigenvalue weighted by atomic mass is 127. The second kappa shape index (κ2) is 41.6. The molecule has 0 saturated carbocycles. The number of carbonyl (C=O) groups excluding carboxylic acids is 2. The highest BCUT2D eigenvalue weighted by Crippen LogP contribution is 2.37. The van der Waals surface area contributed by atoms with Gasteiger partial charge in [0.05, 0.1) is 90.6 Å². The lowest BCUT2D eigenvalue weighted by atomic mass is 10.0. The van der Waals surface area contributed by atoms with Crippen molar-refractivity contribution in [2.24, 2.45) is 14.1 Å². The number of amides is 2. The van der Waals surface area contributed by atoms with Crippen molar-refractivity contribution in [2.75, 3.05) is 44.1 Å². The fourth-order valence-corrected chi connectivity index (χ4v) is 13.1. The van der Waals surface area contributed by atoms with Crippen LogP contribution in [0.5, 0.6) is 17.6 Å². The number of hydrogen-bond acceptors (Lipinski definition) is 26. The Morgan fingerprint density at radius 2 is 1.14 bits per heavy atom. The second-order valence-corrected chi connectivity index (χ2v) is 29.3. The van der Waals surface area contributed by atoms with Crippen LogP contribution in [0.1, 0.15) is 129 Å². The molecule has 0 unspecified atom stereocenters. The third kappa shape index (κ3) is 23.9. The van der Waals surface area contributed by atoms with Gasteiger partial charge >= 0.3 is 0 Å². The number of fused-ring (bicyclic) bond motifs is 5. The zero-order valence-corrected chi connectivity index (χ0v) is 72.2. The van der Waals surface area contributed by atoms with Gasteiger partial charge < -0.3 is 57.4 Å². The summed E-state index contributed by atoms with van der Waals surface area (Å²) in [6.45, 7) is 6.61. The van der Waals surface area contributed by atoms with E-state index < -0.39 is 88.3 Å². The van der Waals surface area contributed by atoms with Crippen molar-refractivity contribution in [1.29, 1.82) is 21.0 Å². The van der Waals surface area contributed by atoms with E-state index in [9.17, 15) is 50.0 Å². The van der Waals surface area contributed by atoms with Crippen molar-refractivity contribution in [3.05, 3.63) is 225 Å². The fourth-order valence-electron chi connectivity index (χ4n) is 10.2. The van der Waals surface area contributed by atoms with E-state index in [1.54, 1.807) is 95.4 Å². The minimum atomic E-state index is -1.09. The molecule has 10 N–H and O–H groups in total. The number of aliphatic hydroxyl groups is 1. The minimum absolute atomic E-state index is 0.000449. The Morgan fingerprint density at radius 3 is 1.66 bits per heavy atom. The van der Waals surface area contributed by atoms with Crippen molar-refractivity contribution < 1.29 is 64.0 Å². The van der Waals surface area contributed by atoms with Gasteiger partial charge in [-0.3, -0.25) is 19.0 Å². The van der Waals surface area contributed by atoms with Crippen LogP contribution in [-0.4, -0.2) is 117 Å². The highest BCUT2D eigenvalue weighted by Gasteiger charge is 2.32. The molecule has 12 rings (SSSR count). The van der Waals surface area contributed by atoms with Gasteiger partial charge in [-0.05, 0) is 180 Å². The maximum absolute atomic E-state index is 14.8. The van der Waals surface area contributed by atoms with Gasteiger partial charge in [-0.15, -0.1) is 0 Å². The molecule has 604 valence electrons. The largest absolute Gasteiger partial charge is 0.467 e. The quantitative estimate of drug-likeness (QED) is 0.0376. The van der Waals surface area contributed by atoms with Crippen LogP contribution in [0.25, 0.3) is 11.3 Å². The number of halogens is 14. The van der Waals surface area contributed by atoms with E-state index in [4.69, 9.17) is 58.0 Å². The number of rotatable bonds is 12. The third-order valence-corrected chi connectivity index (χ3v) is 19.6. The number of ether oxygens (including phenoxy) is 3.